The van der Waals surface area contributed by atoms with Crippen molar-refractivity contribution in [2.45, 2.75) is 25.2 Å². The summed E-state index contributed by atoms with van der Waals surface area (Å²) in [6, 6.07) is 4.65. The number of hydrazine groups is 1. The van der Waals surface area contributed by atoms with Gasteiger partial charge in [0.25, 0.3) is 0 Å². The minimum atomic E-state index is -4.33. The lowest BCUT2D eigenvalue weighted by Gasteiger charge is -2.15. The standard InChI is InChI=1S/C11H12F3N3O/c12-11(13,14)7-1-3-8(4-2-7)16-17-9-5-6-10(18)15-9/h1-4,9,16-17H,5-6H2,(H,15,18). The van der Waals surface area contributed by atoms with Gasteiger partial charge in [0.2, 0.25) is 5.91 Å². The fourth-order valence-corrected chi connectivity index (χ4v) is 1.64. The third-order valence-corrected chi connectivity index (χ3v) is 2.60. The molecule has 2 rings (SSSR count). The minimum Gasteiger partial charge on any atom is -0.339 e. The van der Waals surface area contributed by atoms with Gasteiger partial charge in [-0.25, -0.2) is 5.43 Å². The van der Waals surface area contributed by atoms with Gasteiger partial charge in [0.05, 0.1) is 11.7 Å². The van der Waals surface area contributed by atoms with Crippen molar-refractivity contribution in [2.24, 2.45) is 0 Å². The van der Waals surface area contributed by atoms with E-state index >= 15 is 0 Å². The van der Waals surface area contributed by atoms with Crippen molar-refractivity contribution >= 4 is 11.6 Å². The molecule has 1 aromatic rings. The van der Waals surface area contributed by atoms with Crippen LogP contribution in [-0.2, 0) is 11.0 Å². The Bertz CT molecular complexity index is 430. The fraction of sp³-hybridized carbons (Fsp3) is 0.364. The van der Waals surface area contributed by atoms with Crippen LogP contribution in [-0.4, -0.2) is 12.1 Å². The Labute approximate surface area is 102 Å². The number of alkyl halides is 3. The molecule has 7 heteroatoms. The summed E-state index contributed by atoms with van der Waals surface area (Å²) >= 11 is 0. The molecule has 1 aromatic carbocycles. The van der Waals surface area contributed by atoms with Crippen molar-refractivity contribution in [1.82, 2.24) is 10.7 Å². The maximum absolute atomic E-state index is 12.3. The van der Waals surface area contributed by atoms with Crippen LogP contribution in [0.3, 0.4) is 0 Å². The Morgan fingerprint density at radius 2 is 1.89 bits per heavy atom. The van der Waals surface area contributed by atoms with Crippen LogP contribution in [0.5, 0.6) is 0 Å². The molecule has 98 valence electrons. The average Bonchev–Trinajstić information content (AvgIpc) is 2.72. The van der Waals surface area contributed by atoms with E-state index < -0.39 is 11.7 Å². The van der Waals surface area contributed by atoms with Crippen LogP contribution in [0.1, 0.15) is 18.4 Å². The van der Waals surface area contributed by atoms with Gasteiger partial charge < -0.3 is 10.7 Å². The number of benzene rings is 1. The molecule has 0 spiro atoms. The summed E-state index contributed by atoms with van der Waals surface area (Å²) in [6.45, 7) is 0. The molecule has 0 aliphatic carbocycles. The molecule has 0 saturated carbocycles. The zero-order valence-electron chi connectivity index (χ0n) is 9.34. The highest BCUT2D eigenvalue weighted by Crippen LogP contribution is 2.29. The summed E-state index contributed by atoms with van der Waals surface area (Å²) < 4.78 is 36.9. The molecule has 1 amide bonds. The fourth-order valence-electron chi connectivity index (χ4n) is 1.64. The average molecular weight is 259 g/mol. The quantitative estimate of drug-likeness (QED) is 0.726. The Kier molecular flexibility index (Phi) is 3.42. The number of hydrogen-bond acceptors (Lipinski definition) is 3. The number of halogens is 3. The van der Waals surface area contributed by atoms with E-state index in [4.69, 9.17) is 0 Å². The van der Waals surface area contributed by atoms with E-state index in [2.05, 4.69) is 16.2 Å². The molecule has 1 heterocycles. The molecule has 1 unspecified atom stereocenters. The van der Waals surface area contributed by atoms with E-state index in [9.17, 15) is 18.0 Å². The second kappa shape index (κ2) is 4.85. The van der Waals surface area contributed by atoms with Crippen LogP contribution < -0.4 is 16.2 Å². The van der Waals surface area contributed by atoms with Crippen molar-refractivity contribution < 1.29 is 18.0 Å². The van der Waals surface area contributed by atoms with Crippen LogP contribution in [0.2, 0.25) is 0 Å². The van der Waals surface area contributed by atoms with E-state index in [0.717, 1.165) is 12.1 Å². The lowest BCUT2D eigenvalue weighted by Crippen LogP contribution is -2.42. The maximum atomic E-state index is 12.3. The van der Waals surface area contributed by atoms with Crippen molar-refractivity contribution in [3.8, 4) is 0 Å². The largest absolute Gasteiger partial charge is 0.416 e. The Morgan fingerprint density at radius 1 is 1.22 bits per heavy atom. The highest BCUT2D eigenvalue weighted by atomic mass is 19.4. The molecule has 0 radical (unpaired) electrons. The molecule has 1 fully saturated rings. The SMILES string of the molecule is O=C1CCC(NNc2ccc(C(F)(F)F)cc2)N1. The summed E-state index contributed by atoms with van der Waals surface area (Å²) in [5.74, 6) is -0.0401. The molecular weight excluding hydrogens is 247 g/mol. The predicted molar refractivity (Wildman–Crippen MR) is 59.4 cm³/mol. The highest BCUT2D eigenvalue weighted by molar-refractivity contribution is 5.78. The van der Waals surface area contributed by atoms with Crippen LogP contribution in [0, 0.1) is 0 Å². The van der Waals surface area contributed by atoms with Gasteiger partial charge in [-0.2, -0.15) is 13.2 Å². The molecule has 1 saturated heterocycles. The molecule has 4 nitrogen and oxygen atoms in total. The van der Waals surface area contributed by atoms with E-state index in [1.54, 1.807) is 0 Å². The first-order valence-corrected chi connectivity index (χ1v) is 5.43. The lowest BCUT2D eigenvalue weighted by molar-refractivity contribution is -0.137. The van der Waals surface area contributed by atoms with Crippen LogP contribution in [0.25, 0.3) is 0 Å². The summed E-state index contributed by atoms with van der Waals surface area (Å²) in [5, 5.41) is 2.67. The number of carbonyl (C=O) groups excluding carboxylic acids is 1. The van der Waals surface area contributed by atoms with Gasteiger partial charge in [-0.1, -0.05) is 0 Å². The van der Waals surface area contributed by atoms with Gasteiger partial charge in [0, 0.05) is 12.1 Å². The molecule has 0 bridgehead atoms. The van der Waals surface area contributed by atoms with Gasteiger partial charge in [0.1, 0.15) is 0 Å². The first-order valence-electron chi connectivity index (χ1n) is 5.43. The van der Waals surface area contributed by atoms with E-state index in [1.807, 2.05) is 0 Å². The zero-order valence-corrected chi connectivity index (χ0v) is 9.34. The summed E-state index contributed by atoms with van der Waals surface area (Å²) in [7, 11) is 0. The molecule has 1 aliphatic heterocycles. The van der Waals surface area contributed by atoms with Gasteiger partial charge >= 0.3 is 6.18 Å². The van der Waals surface area contributed by atoms with Crippen LogP contribution in [0.4, 0.5) is 18.9 Å². The van der Waals surface area contributed by atoms with Crippen molar-refractivity contribution in [3.05, 3.63) is 29.8 Å². The number of hydrogen-bond donors (Lipinski definition) is 3. The molecule has 0 aromatic heterocycles. The van der Waals surface area contributed by atoms with Gasteiger partial charge in [0.15, 0.2) is 0 Å². The van der Waals surface area contributed by atoms with Crippen molar-refractivity contribution in [3.63, 3.8) is 0 Å². The van der Waals surface area contributed by atoms with Crippen LogP contribution >= 0.6 is 0 Å². The molecule has 18 heavy (non-hydrogen) atoms. The number of rotatable bonds is 3. The lowest BCUT2D eigenvalue weighted by atomic mass is 10.2. The second-order valence-electron chi connectivity index (χ2n) is 4.00. The smallest absolute Gasteiger partial charge is 0.339 e. The topological polar surface area (TPSA) is 53.2 Å². The van der Waals surface area contributed by atoms with E-state index in [1.165, 1.54) is 12.1 Å². The summed E-state index contributed by atoms with van der Waals surface area (Å²) in [5.41, 5.74) is 5.39. The number of carbonyl (C=O) groups is 1. The normalized spacial score (nSPS) is 19.7. The minimum absolute atomic E-state index is 0.0401. The highest BCUT2D eigenvalue weighted by Gasteiger charge is 2.30. The Morgan fingerprint density at radius 3 is 2.39 bits per heavy atom. The Hall–Kier alpha value is -1.76. The van der Waals surface area contributed by atoms with Gasteiger partial charge in [-0.3, -0.25) is 4.79 Å². The first-order chi connectivity index (χ1) is 8.45. The summed E-state index contributed by atoms with van der Waals surface area (Å²) in [4.78, 5) is 10.9. The third-order valence-electron chi connectivity index (χ3n) is 2.60. The maximum Gasteiger partial charge on any atom is 0.416 e. The van der Waals surface area contributed by atoms with E-state index in [-0.39, 0.29) is 12.1 Å². The van der Waals surface area contributed by atoms with Crippen molar-refractivity contribution in [1.29, 1.82) is 0 Å². The molecule has 3 N–H and O–H groups in total. The monoisotopic (exact) mass is 259 g/mol. The van der Waals surface area contributed by atoms with Crippen molar-refractivity contribution in [2.75, 3.05) is 5.43 Å². The molecule has 1 atom stereocenters. The number of nitrogens with one attached hydrogen (secondary N) is 3. The Balaban J connectivity index is 1.89. The van der Waals surface area contributed by atoms with Gasteiger partial charge in [-0.05, 0) is 30.7 Å². The third kappa shape index (κ3) is 3.13. The summed E-state index contributed by atoms with van der Waals surface area (Å²) in [6.07, 6.45) is -3.43. The number of amides is 1. The van der Waals surface area contributed by atoms with E-state index in [0.29, 0.717) is 18.5 Å². The molecule has 1 aliphatic rings. The zero-order chi connectivity index (χ0) is 13.2. The van der Waals surface area contributed by atoms with Crippen LogP contribution in [0.15, 0.2) is 24.3 Å². The number of anilines is 1. The van der Waals surface area contributed by atoms with Gasteiger partial charge in [-0.15, -0.1) is 0 Å². The first kappa shape index (κ1) is 12.7. The second-order valence-corrected chi connectivity index (χ2v) is 4.00. The predicted octanol–water partition coefficient (Wildman–Crippen LogP) is 1.86. The molecular formula is C11H12F3N3O.